The summed E-state index contributed by atoms with van der Waals surface area (Å²) in [5.74, 6) is 1.48. The number of hydrogen-bond acceptors (Lipinski definition) is 2. The van der Waals surface area contributed by atoms with E-state index in [0.717, 1.165) is 24.9 Å². The second-order valence-electron chi connectivity index (χ2n) is 6.80. The van der Waals surface area contributed by atoms with Crippen LogP contribution >= 0.6 is 0 Å². The van der Waals surface area contributed by atoms with Crippen LogP contribution in [0, 0.1) is 11.8 Å². The van der Waals surface area contributed by atoms with Crippen molar-refractivity contribution in [1.82, 2.24) is 5.32 Å². The van der Waals surface area contributed by atoms with E-state index in [1.807, 2.05) is 0 Å². The molecule has 1 saturated carbocycles. The van der Waals surface area contributed by atoms with Crippen LogP contribution < -0.4 is 11.1 Å². The van der Waals surface area contributed by atoms with E-state index in [0.29, 0.717) is 0 Å². The van der Waals surface area contributed by atoms with Crippen molar-refractivity contribution in [3.05, 3.63) is 71.8 Å². The van der Waals surface area contributed by atoms with Crippen molar-refractivity contribution in [2.45, 2.75) is 31.7 Å². The van der Waals surface area contributed by atoms with Gasteiger partial charge < -0.3 is 11.1 Å². The average molecular weight is 308 g/mol. The molecule has 3 rings (SSSR count). The van der Waals surface area contributed by atoms with E-state index in [-0.39, 0.29) is 6.04 Å². The molecule has 0 aromatic heterocycles. The van der Waals surface area contributed by atoms with Crippen molar-refractivity contribution < 1.29 is 0 Å². The van der Waals surface area contributed by atoms with Gasteiger partial charge in [0.1, 0.15) is 0 Å². The van der Waals surface area contributed by atoms with Gasteiger partial charge in [-0.05, 0) is 55.3 Å². The molecule has 0 radical (unpaired) electrons. The van der Waals surface area contributed by atoms with Gasteiger partial charge in [-0.3, -0.25) is 0 Å². The molecule has 0 spiro atoms. The summed E-state index contributed by atoms with van der Waals surface area (Å²) in [6.07, 6.45) is 5.25. The first kappa shape index (κ1) is 16.2. The molecule has 0 saturated heterocycles. The minimum absolute atomic E-state index is 0.274. The Balaban J connectivity index is 1.70. The Kier molecular flexibility index (Phi) is 5.84. The number of nitrogens with one attached hydrogen (secondary N) is 1. The predicted molar refractivity (Wildman–Crippen MR) is 97.2 cm³/mol. The minimum atomic E-state index is 0.274. The van der Waals surface area contributed by atoms with Crippen LogP contribution in [-0.4, -0.2) is 13.1 Å². The lowest BCUT2D eigenvalue weighted by Gasteiger charge is -2.30. The average Bonchev–Trinajstić information content (AvgIpc) is 2.64. The van der Waals surface area contributed by atoms with Gasteiger partial charge in [0.05, 0.1) is 6.04 Å². The topological polar surface area (TPSA) is 38.0 Å². The van der Waals surface area contributed by atoms with Crippen LogP contribution in [0.2, 0.25) is 0 Å². The van der Waals surface area contributed by atoms with Crippen molar-refractivity contribution >= 4 is 0 Å². The molecule has 2 atom stereocenters. The third kappa shape index (κ3) is 4.43. The van der Waals surface area contributed by atoms with Crippen LogP contribution in [0.4, 0.5) is 0 Å². The quantitative estimate of drug-likeness (QED) is 0.842. The van der Waals surface area contributed by atoms with Gasteiger partial charge in [0.15, 0.2) is 0 Å². The molecule has 2 heteroatoms. The fourth-order valence-corrected chi connectivity index (χ4v) is 3.81. The summed E-state index contributed by atoms with van der Waals surface area (Å²) < 4.78 is 0. The molecule has 0 heterocycles. The number of nitrogens with two attached hydrogens (primary N) is 1. The fourth-order valence-electron chi connectivity index (χ4n) is 3.81. The normalized spacial score (nSPS) is 21.5. The van der Waals surface area contributed by atoms with Gasteiger partial charge in [0, 0.05) is 0 Å². The first-order valence-corrected chi connectivity index (χ1v) is 8.90. The zero-order valence-electron chi connectivity index (χ0n) is 13.8. The van der Waals surface area contributed by atoms with Gasteiger partial charge in [-0.25, -0.2) is 0 Å². The maximum Gasteiger partial charge on any atom is 0.0576 e. The molecule has 2 aromatic carbocycles. The van der Waals surface area contributed by atoms with Gasteiger partial charge in [-0.2, -0.15) is 0 Å². The molecular formula is C21H28N2. The molecule has 0 aliphatic heterocycles. The third-order valence-corrected chi connectivity index (χ3v) is 5.10. The summed E-state index contributed by atoms with van der Waals surface area (Å²) in [5.41, 5.74) is 8.56. The Morgan fingerprint density at radius 1 is 0.870 bits per heavy atom. The van der Waals surface area contributed by atoms with Crippen molar-refractivity contribution in [2.75, 3.05) is 13.1 Å². The van der Waals surface area contributed by atoms with Crippen molar-refractivity contribution in [3.63, 3.8) is 0 Å². The lowest BCUT2D eigenvalue weighted by Crippen LogP contribution is -2.32. The highest BCUT2D eigenvalue weighted by Gasteiger charge is 2.22. The van der Waals surface area contributed by atoms with E-state index in [1.165, 1.54) is 36.8 Å². The van der Waals surface area contributed by atoms with E-state index >= 15 is 0 Å². The van der Waals surface area contributed by atoms with Gasteiger partial charge >= 0.3 is 0 Å². The molecule has 0 amide bonds. The van der Waals surface area contributed by atoms with Crippen molar-refractivity contribution in [1.29, 1.82) is 0 Å². The maximum atomic E-state index is 5.88. The minimum Gasteiger partial charge on any atom is -0.330 e. The molecule has 1 fully saturated rings. The monoisotopic (exact) mass is 308 g/mol. The Hall–Kier alpha value is -1.64. The second kappa shape index (κ2) is 8.28. The summed E-state index contributed by atoms with van der Waals surface area (Å²) in [6, 6.07) is 21.8. The van der Waals surface area contributed by atoms with Crippen LogP contribution in [0.3, 0.4) is 0 Å². The first-order valence-electron chi connectivity index (χ1n) is 8.90. The number of hydrogen-bond donors (Lipinski definition) is 2. The predicted octanol–water partition coefficient (Wildman–Crippen LogP) is 4.13. The van der Waals surface area contributed by atoms with Crippen LogP contribution in [-0.2, 0) is 0 Å². The standard InChI is InChI=1S/C21H28N2/c22-15-17-8-7-9-18(14-17)16-23-21(19-10-3-1-4-11-19)20-12-5-2-6-13-20/h1-6,10-13,17-18,21,23H,7-9,14-16,22H2. The summed E-state index contributed by atoms with van der Waals surface area (Å²) in [7, 11) is 0. The highest BCUT2D eigenvalue weighted by molar-refractivity contribution is 5.31. The van der Waals surface area contributed by atoms with Crippen LogP contribution in [0.25, 0.3) is 0 Å². The fraction of sp³-hybridized carbons (Fsp3) is 0.429. The zero-order valence-corrected chi connectivity index (χ0v) is 13.8. The SMILES string of the molecule is NCC1CCCC(CNC(c2ccccc2)c2ccccc2)C1. The van der Waals surface area contributed by atoms with Gasteiger partial charge in [0.2, 0.25) is 0 Å². The Bertz CT molecular complexity index is 527. The van der Waals surface area contributed by atoms with E-state index in [4.69, 9.17) is 5.73 Å². The molecule has 2 aromatic rings. The van der Waals surface area contributed by atoms with E-state index in [1.54, 1.807) is 0 Å². The molecule has 1 aliphatic rings. The lowest BCUT2D eigenvalue weighted by molar-refractivity contribution is 0.260. The van der Waals surface area contributed by atoms with Crippen molar-refractivity contribution in [3.8, 4) is 0 Å². The zero-order chi connectivity index (χ0) is 15.9. The molecule has 2 nitrogen and oxygen atoms in total. The van der Waals surface area contributed by atoms with Crippen LogP contribution in [0.15, 0.2) is 60.7 Å². The van der Waals surface area contributed by atoms with E-state index in [2.05, 4.69) is 66.0 Å². The number of benzene rings is 2. The summed E-state index contributed by atoms with van der Waals surface area (Å²) in [6.45, 7) is 1.92. The molecule has 23 heavy (non-hydrogen) atoms. The first-order chi connectivity index (χ1) is 11.4. The Labute approximate surface area is 140 Å². The summed E-state index contributed by atoms with van der Waals surface area (Å²) in [5, 5.41) is 3.83. The molecule has 1 aliphatic carbocycles. The maximum absolute atomic E-state index is 5.88. The van der Waals surface area contributed by atoms with Crippen LogP contribution in [0.5, 0.6) is 0 Å². The molecule has 0 bridgehead atoms. The second-order valence-corrected chi connectivity index (χ2v) is 6.80. The highest BCUT2D eigenvalue weighted by Crippen LogP contribution is 2.29. The smallest absolute Gasteiger partial charge is 0.0576 e. The van der Waals surface area contributed by atoms with Gasteiger partial charge in [-0.15, -0.1) is 0 Å². The lowest BCUT2D eigenvalue weighted by atomic mass is 9.81. The Morgan fingerprint density at radius 3 is 2.00 bits per heavy atom. The molecule has 2 unspecified atom stereocenters. The summed E-state index contributed by atoms with van der Waals surface area (Å²) in [4.78, 5) is 0. The molecular weight excluding hydrogens is 280 g/mol. The largest absolute Gasteiger partial charge is 0.330 e. The number of rotatable bonds is 6. The van der Waals surface area contributed by atoms with Gasteiger partial charge in [-0.1, -0.05) is 67.1 Å². The van der Waals surface area contributed by atoms with E-state index < -0.39 is 0 Å². The van der Waals surface area contributed by atoms with E-state index in [9.17, 15) is 0 Å². The van der Waals surface area contributed by atoms with Crippen LogP contribution in [0.1, 0.15) is 42.9 Å². The third-order valence-electron chi connectivity index (χ3n) is 5.10. The summed E-state index contributed by atoms with van der Waals surface area (Å²) >= 11 is 0. The highest BCUT2D eigenvalue weighted by atomic mass is 14.9. The van der Waals surface area contributed by atoms with Gasteiger partial charge in [0.25, 0.3) is 0 Å². The molecule has 122 valence electrons. The Morgan fingerprint density at radius 2 is 1.43 bits per heavy atom. The van der Waals surface area contributed by atoms with Crippen molar-refractivity contribution in [2.24, 2.45) is 17.6 Å². The molecule has 3 N–H and O–H groups in total.